The Morgan fingerprint density at radius 3 is 2.47 bits per heavy atom. The van der Waals surface area contributed by atoms with E-state index in [0.29, 0.717) is 5.82 Å². The van der Waals surface area contributed by atoms with Gasteiger partial charge in [0.1, 0.15) is 5.82 Å². The summed E-state index contributed by atoms with van der Waals surface area (Å²) in [7, 11) is -3.95. The first kappa shape index (κ1) is 16.3. The molecule has 2 N–H and O–H groups in total. The monoisotopic (exact) mass is 317 g/mol. The number of primary sulfonamides is 1. The second kappa shape index (κ2) is 5.71. The van der Waals surface area contributed by atoms with Crippen LogP contribution in [-0.4, -0.2) is 29.2 Å². The Hall–Kier alpha value is -0.740. The van der Waals surface area contributed by atoms with Gasteiger partial charge in [-0.1, -0.05) is 13.8 Å². The van der Waals surface area contributed by atoms with Crippen LogP contribution < -0.4 is 5.14 Å². The average Bonchev–Trinajstić information content (AvgIpc) is 2.59. The molecule has 1 aromatic rings. The van der Waals surface area contributed by atoms with Crippen molar-refractivity contribution in [2.45, 2.75) is 36.8 Å². The Morgan fingerprint density at radius 2 is 2.05 bits per heavy atom. The standard InChI is InChI=1S/C9H14F3N3O2S2/c1-6(2)8-14-7(19(13,16)17)5-15(8)3-4-18-9(10,11)12/h5-6H,3-4H2,1-2H3,(H2,13,16,17). The predicted octanol–water partition coefficient (Wildman–Crippen LogP) is 1.91. The molecule has 0 radical (unpaired) electrons. The molecule has 0 spiro atoms. The van der Waals surface area contributed by atoms with Crippen molar-refractivity contribution >= 4 is 21.8 Å². The highest BCUT2D eigenvalue weighted by molar-refractivity contribution is 8.00. The van der Waals surface area contributed by atoms with Gasteiger partial charge < -0.3 is 4.57 Å². The third kappa shape index (κ3) is 5.03. The first-order valence-electron chi connectivity index (χ1n) is 5.31. The third-order valence-corrected chi connectivity index (χ3v) is 3.68. The molecule has 0 aromatic carbocycles. The lowest BCUT2D eigenvalue weighted by atomic mass is 10.2. The van der Waals surface area contributed by atoms with Crippen LogP contribution >= 0.6 is 11.8 Å². The fourth-order valence-electron chi connectivity index (χ4n) is 1.44. The molecule has 0 aliphatic carbocycles. The molecule has 5 nitrogen and oxygen atoms in total. The van der Waals surface area contributed by atoms with Gasteiger partial charge in [0, 0.05) is 24.4 Å². The molecular formula is C9H14F3N3O2S2. The maximum Gasteiger partial charge on any atom is 0.441 e. The summed E-state index contributed by atoms with van der Waals surface area (Å²) in [5, 5.41) is 4.62. The highest BCUT2D eigenvalue weighted by Gasteiger charge is 2.28. The molecule has 0 saturated heterocycles. The van der Waals surface area contributed by atoms with Gasteiger partial charge in [-0.15, -0.1) is 0 Å². The van der Waals surface area contributed by atoms with Crippen LogP contribution in [0.15, 0.2) is 11.2 Å². The highest BCUT2D eigenvalue weighted by atomic mass is 32.2. The van der Waals surface area contributed by atoms with Crippen molar-refractivity contribution in [3.05, 3.63) is 12.0 Å². The molecule has 110 valence electrons. The maximum absolute atomic E-state index is 12.0. The van der Waals surface area contributed by atoms with E-state index in [1.54, 1.807) is 13.8 Å². The molecule has 0 atom stereocenters. The van der Waals surface area contributed by atoms with E-state index in [-0.39, 0.29) is 35.0 Å². The SMILES string of the molecule is CC(C)c1nc(S(N)(=O)=O)cn1CCSC(F)(F)F. The molecule has 0 bridgehead atoms. The number of hydrogen-bond acceptors (Lipinski definition) is 4. The number of aryl methyl sites for hydroxylation is 1. The fraction of sp³-hybridized carbons (Fsp3) is 0.667. The summed E-state index contributed by atoms with van der Waals surface area (Å²) in [5.41, 5.74) is -4.30. The Kier molecular flexibility index (Phi) is 4.91. The summed E-state index contributed by atoms with van der Waals surface area (Å²) in [4.78, 5) is 3.86. The summed E-state index contributed by atoms with van der Waals surface area (Å²) in [5.74, 6) is 0.0575. The van der Waals surface area contributed by atoms with Crippen LogP contribution in [0.2, 0.25) is 0 Å². The van der Waals surface area contributed by atoms with Gasteiger partial charge in [0.25, 0.3) is 10.0 Å². The predicted molar refractivity (Wildman–Crippen MR) is 66.2 cm³/mol. The molecule has 1 heterocycles. The van der Waals surface area contributed by atoms with Crippen LogP contribution in [0.1, 0.15) is 25.6 Å². The zero-order chi connectivity index (χ0) is 14.8. The van der Waals surface area contributed by atoms with E-state index in [9.17, 15) is 21.6 Å². The van der Waals surface area contributed by atoms with Crippen molar-refractivity contribution in [2.24, 2.45) is 5.14 Å². The van der Waals surface area contributed by atoms with E-state index in [1.807, 2.05) is 0 Å². The van der Waals surface area contributed by atoms with Crippen LogP contribution in [0.3, 0.4) is 0 Å². The molecular weight excluding hydrogens is 303 g/mol. The van der Waals surface area contributed by atoms with Crippen LogP contribution in [0.5, 0.6) is 0 Å². The minimum atomic E-state index is -4.30. The number of thioether (sulfide) groups is 1. The van der Waals surface area contributed by atoms with Crippen molar-refractivity contribution in [2.75, 3.05) is 5.75 Å². The zero-order valence-electron chi connectivity index (χ0n) is 10.3. The Morgan fingerprint density at radius 1 is 1.47 bits per heavy atom. The van der Waals surface area contributed by atoms with Gasteiger partial charge >= 0.3 is 5.51 Å². The number of nitrogens with zero attached hydrogens (tertiary/aromatic N) is 2. The summed E-state index contributed by atoms with van der Waals surface area (Å²) in [6.07, 6.45) is 1.17. The molecule has 10 heteroatoms. The van der Waals surface area contributed by atoms with E-state index in [0.717, 1.165) is 0 Å². The Balaban J connectivity index is 2.90. The van der Waals surface area contributed by atoms with Gasteiger partial charge in [-0.2, -0.15) is 13.2 Å². The molecule has 1 rings (SSSR count). The minimum absolute atomic E-state index is 0.0141. The van der Waals surface area contributed by atoms with E-state index in [4.69, 9.17) is 5.14 Å². The van der Waals surface area contributed by atoms with Gasteiger partial charge in [-0.25, -0.2) is 18.5 Å². The van der Waals surface area contributed by atoms with Crippen molar-refractivity contribution in [1.82, 2.24) is 9.55 Å². The lowest BCUT2D eigenvalue weighted by molar-refractivity contribution is -0.0328. The molecule has 0 unspecified atom stereocenters. The number of halogens is 3. The van der Waals surface area contributed by atoms with Crippen LogP contribution in [0.4, 0.5) is 13.2 Å². The number of nitrogens with two attached hydrogens (primary N) is 1. The Bertz CT molecular complexity index is 537. The molecule has 19 heavy (non-hydrogen) atoms. The average molecular weight is 317 g/mol. The van der Waals surface area contributed by atoms with Gasteiger partial charge in [0.15, 0.2) is 5.03 Å². The molecule has 0 saturated carbocycles. The van der Waals surface area contributed by atoms with Gasteiger partial charge in [0.05, 0.1) is 0 Å². The summed E-state index contributed by atoms with van der Waals surface area (Å²) >= 11 is -0.164. The van der Waals surface area contributed by atoms with Crippen LogP contribution in [0, 0.1) is 0 Å². The lowest BCUT2D eigenvalue weighted by Crippen LogP contribution is -2.12. The topological polar surface area (TPSA) is 78.0 Å². The molecule has 0 fully saturated rings. The maximum atomic E-state index is 12.0. The van der Waals surface area contributed by atoms with Crippen molar-refractivity contribution in [3.63, 3.8) is 0 Å². The highest BCUT2D eigenvalue weighted by Crippen LogP contribution is 2.30. The van der Waals surface area contributed by atoms with Crippen LogP contribution in [0.25, 0.3) is 0 Å². The largest absolute Gasteiger partial charge is 0.441 e. The van der Waals surface area contributed by atoms with E-state index < -0.39 is 15.5 Å². The number of hydrogen-bond donors (Lipinski definition) is 1. The molecule has 0 amide bonds. The second-order valence-electron chi connectivity index (χ2n) is 4.12. The zero-order valence-corrected chi connectivity index (χ0v) is 11.9. The Labute approximate surface area is 113 Å². The van der Waals surface area contributed by atoms with Crippen molar-refractivity contribution < 1.29 is 21.6 Å². The summed E-state index contributed by atoms with van der Waals surface area (Å²) in [6, 6.07) is 0. The summed E-state index contributed by atoms with van der Waals surface area (Å²) in [6.45, 7) is 3.55. The first-order valence-corrected chi connectivity index (χ1v) is 7.84. The lowest BCUT2D eigenvalue weighted by Gasteiger charge is -2.10. The normalized spacial score (nSPS) is 13.2. The molecule has 0 aliphatic heterocycles. The van der Waals surface area contributed by atoms with E-state index in [2.05, 4.69) is 4.98 Å². The van der Waals surface area contributed by atoms with Gasteiger partial charge in [-0.05, 0) is 11.8 Å². The number of sulfonamides is 1. The number of alkyl halides is 3. The fourth-order valence-corrected chi connectivity index (χ4v) is 2.46. The van der Waals surface area contributed by atoms with Crippen molar-refractivity contribution in [1.29, 1.82) is 0 Å². The first-order chi connectivity index (χ1) is 8.50. The van der Waals surface area contributed by atoms with E-state index in [1.165, 1.54) is 10.8 Å². The van der Waals surface area contributed by atoms with Crippen LogP contribution in [-0.2, 0) is 16.6 Å². The molecule has 1 aromatic heterocycles. The third-order valence-electron chi connectivity index (χ3n) is 2.19. The van der Waals surface area contributed by atoms with Gasteiger partial charge in [-0.3, -0.25) is 0 Å². The quantitative estimate of drug-likeness (QED) is 0.900. The number of rotatable bonds is 5. The van der Waals surface area contributed by atoms with Crippen molar-refractivity contribution in [3.8, 4) is 0 Å². The minimum Gasteiger partial charge on any atom is -0.332 e. The van der Waals surface area contributed by atoms with E-state index >= 15 is 0 Å². The smallest absolute Gasteiger partial charge is 0.332 e. The summed E-state index contributed by atoms with van der Waals surface area (Å²) < 4.78 is 59.8. The number of imidazole rings is 1. The second-order valence-corrected chi connectivity index (χ2v) is 6.79. The van der Waals surface area contributed by atoms with Gasteiger partial charge in [0.2, 0.25) is 0 Å². The molecule has 0 aliphatic rings. The number of aromatic nitrogens is 2.